The summed E-state index contributed by atoms with van der Waals surface area (Å²) in [4.78, 5) is 12.8. The van der Waals surface area contributed by atoms with Gasteiger partial charge < -0.3 is 14.8 Å². The molecule has 1 aromatic heterocycles. The van der Waals surface area contributed by atoms with E-state index in [0.29, 0.717) is 36.8 Å². The van der Waals surface area contributed by atoms with E-state index in [0.717, 1.165) is 29.1 Å². The number of rotatable bonds is 9. The van der Waals surface area contributed by atoms with E-state index in [9.17, 15) is 4.79 Å². The number of nitrogens with zero attached hydrogens (tertiary/aromatic N) is 2. The van der Waals surface area contributed by atoms with Gasteiger partial charge in [0, 0.05) is 23.4 Å². The van der Waals surface area contributed by atoms with Crippen molar-refractivity contribution in [1.29, 1.82) is 0 Å². The van der Waals surface area contributed by atoms with Crippen LogP contribution in [0.25, 0.3) is 5.69 Å². The Bertz CT molecular complexity index is 996. The maximum atomic E-state index is 12.8. The highest BCUT2D eigenvalue weighted by atomic mass is 16.5. The summed E-state index contributed by atoms with van der Waals surface area (Å²) >= 11 is 0. The van der Waals surface area contributed by atoms with Crippen LogP contribution in [0.4, 0.5) is 0 Å². The number of amides is 1. The number of benzene rings is 2. The van der Waals surface area contributed by atoms with Gasteiger partial charge in [-0.3, -0.25) is 4.79 Å². The van der Waals surface area contributed by atoms with Crippen LogP contribution in [0, 0.1) is 13.8 Å². The van der Waals surface area contributed by atoms with Crippen LogP contribution in [0.3, 0.4) is 0 Å². The Morgan fingerprint density at radius 3 is 2.50 bits per heavy atom. The number of aryl methyl sites for hydroxylation is 1. The van der Waals surface area contributed by atoms with Crippen LogP contribution >= 0.6 is 0 Å². The van der Waals surface area contributed by atoms with Crippen LogP contribution in [0.2, 0.25) is 0 Å². The van der Waals surface area contributed by atoms with Gasteiger partial charge in [0.2, 0.25) is 0 Å². The second-order valence-electron chi connectivity index (χ2n) is 7.02. The van der Waals surface area contributed by atoms with Crippen molar-refractivity contribution in [2.45, 2.75) is 40.7 Å². The fourth-order valence-electron chi connectivity index (χ4n) is 3.27. The summed E-state index contributed by atoms with van der Waals surface area (Å²) in [5, 5.41) is 7.64. The molecule has 3 aromatic rings. The molecule has 1 heterocycles. The van der Waals surface area contributed by atoms with Gasteiger partial charge in [-0.1, -0.05) is 25.1 Å². The summed E-state index contributed by atoms with van der Waals surface area (Å²) in [5.41, 5.74) is 4.46. The zero-order valence-electron chi connectivity index (χ0n) is 18.1. The summed E-state index contributed by atoms with van der Waals surface area (Å²) < 4.78 is 13.3. The lowest BCUT2D eigenvalue weighted by atomic mass is 10.1. The van der Waals surface area contributed by atoms with Gasteiger partial charge in [-0.05, 0) is 57.5 Å². The molecule has 3 rings (SSSR count). The molecular formula is C24H29N3O3. The second-order valence-corrected chi connectivity index (χ2v) is 7.02. The standard InChI is InChI=1S/C24H29N3O3/c1-5-14-30-22-13-12-19(15-23(22)29-6-2)24(28)25-16-21-17(3)26-27(18(21)4)20-10-8-7-9-11-20/h7-13,15H,5-6,14,16H2,1-4H3,(H,25,28). The minimum absolute atomic E-state index is 0.163. The van der Waals surface area contributed by atoms with Gasteiger partial charge in [0.1, 0.15) is 0 Å². The average Bonchev–Trinajstić information content (AvgIpc) is 3.05. The summed E-state index contributed by atoms with van der Waals surface area (Å²) in [5.74, 6) is 1.08. The highest BCUT2D eigenvalue weighted by Gasteiger charge is 2.16. The molecule has 158 valence electrons. The van der Waals surface area contributed by atoms with Gasteiger partial charge in [0.15, 0.2) is 11.5 Å². The Morgan fingerprint density at radius 2 is 1.80 bits per heavy atom. The van der Waals surface area contributed by atoms with Crippen molar-refractivity contribution in [1.82, 2.24) is 15.1 Å². The number of carbonyl (C=O) groups excluding carboxylic acids is 1. The first-order valence-corrected chi connectivity index (χ1v) is 10.3. The van der Waals surface area contributed by atoms with E-state index in [4.69, 9.17) is 9.47 Å². The molecule has 0 saturated carbocycles. The molecule has 0 spiro atoms. The van der Waals surface area contributed by atoms with E-state index in [-0.39, 0.29) is 5.91 Å². The maximum Gasteiger partial charge on any atom is 0.251 e. The Hall–Kier alpha value is -3.28. The molecule has 0 atom stereocenters. The van der Waals surface area contributed by atoms with Gasteiger partial charge in [-0.25, -0.2) is 4.68 Å². The van der Waals surface area contributed by atoms with Gasteiger partial charge >= 0.3 is 0 Å². The van der Waals surface area contributed by atoms with Crippen molar-refractivity contribution in [3.63, 3.8) is 0 Å². The number of ether oxygens (including phenoxy) is 2. The van der Waals surface area contributed by atoms with E-state index >= 15 is 0 Å². The summed E-state index contributed by atoms with van der Waals surface area (Å²) in [6, 6.07) is 15.3. The van der Waals surface area contributed by atoms with Crippen LogP contribution in [0.5, 0.6) is 11.5 Å². The molecule has 0 saturated heterocycles. The molecule has 0 aliphatic heterocycles. The fraction of sp³-hybridized carbons (Fsp3) is 0.333. The Balaban J connectivity index is 1.74. The predicted molar refractivity (Wildman–Crippen MR) is 118 cm³/mol. The molecule has 0 aliphatic rings. The third-order valence-corrected chi connectivity index (χ3v) is 4.84. The summed E-state index contributed by atoms with van der Waals surface area (Å²) in [6.07, 6.45) is 0.906. The molecular weight excluding hydrogens is 378 g/mol. The molecule has 6 nitrogen and oxygen atoms in total. The number of hydrogen-bond acceptors (Lipinski definition) is 4. The largest absolute Gasteiger partial charge is 0.490 e. The lowest BCUT2D eigenvalue weighted by Crippen LogP contribution is -2.23. The van der Waals surface area contributed by atoms with E-state index in [1.165, 1.54) is 0 Å². The van der Waals surface area contributed by atoms with Crippen LogP contribution < -0.4 is 14.8 Å². The van der Waals surface area contributed by atoms with Crippen molar-refractivity contribution in [2.24, 2.45) is 0 Å². The molecule has 30 heavy (non-hydrogen) atoms. The zero-order valence-corrected chi connectivity index (χ0v) is 18.1. The molecule has 6 heteroatoms. The Morgan fingerprint density at radius 1 is 1.03 bits per heavy atom. The predicted octanol–water partition coefficient (Wildman–Crippen LogP) is 4.61. The van der Waals surface area contributed by atoms with E-state index < -0.39 is 0 Å². The highest BCUT2D eigenvalue weighted by Crippen LogP contribution is 2.29. The molecule has 0 aliphatic carbocycles. The highest BCUT2D eigenvalue weighted by molar-refractivity contribution is 5.94. The average molecular weight is 408 g/mol. The van der Waals surface area contributed by atoms with E-state index in [2.05, 4.69) is 10.4 Å². The molecule has 0 fully saturated rings. The molecule has 2 aromatic carbocycles. The first-order valence-electron chi connectivity index (χ1n) is 10.3. The lowest BCUT2D eigenvalue weighted by molar-refractivity contribution is 0.0950. The molecule has 1 N–H and O–H groups in total. The van der Waals surface area contributed by atoms with Gasteiger partial charge in [0.05, 0.1) is 24.6 Å². The number of nitrogens with one attached hydrogen (secondary N) is 1. The monoisotopic (exact) mass is 407 g/mol. The zero-order chi connectivity index (χ0) is 21.5. The Kier molecular flexibility index (Phi) is 7.12. The molecule has 1 amide bonds. The van der Waals surface area contributed by atoms with Crippen LogP contribution in [-0.2, 0) is 6.54 Å². The first-order chi connectivity index (χ1) is 14.5. The smallest absolute Gasteiger partial charge is 0.251 e. The lowest BCUT2D eigenvalue weighted by Gasteiger charge is -2.13. The number of carbonyl (C=O) groups is 1. The SMILES string of the molecule is CCCOc1ccc(C(=O)NCc2c(C)nn(-c3ccccc3)c2C)cc1OCC. The van der Waals surface area contributed by atoms with Crippen LogP contribution in [-0.4, -0.2) is 28.9 Å². The number of aromatic nitrogens is 2. The van der Waals surface area contributed by atoms with Crippen molar-refractivity contribution in [3.05, 3.63) is 71.0 Å². The topological polar surface area (TPSA) is 65.4 Å². The van der Waals surface area contributed by atoms with Gasteiger partial charge in [0.25, 0.3) is 5.91 Å². The first kappa shape index (κ1) is 21.4. The van der Waals surface area contributed by atoms with Gasteiger partial charge in [-0.2, -0.15) is 5.10 Å². The van der Waals surface area contributed by atoms with Gasteiger partial charge in [-0.15, -0.1) is 0 Å². The van der Waals surface area contributed by atoms with E-state index in [1.54, 1.807) is 18.2 Å². The Labute approximate surface area is 177 Å². The minimum atomic E-state index is -0.163. The van der Waals surface area contributed by atoms with Crippen LogP contribution in [0.15, 0.2) is 48.5 Å². The summed E-state index contributed by atoms with van der Waals surface area (Å²) in [7, 11) is 0. The second kappa shape index (κ2) is 9.96. The summed E-state index contributed by atoms with van der Waals surface area (Å²) in [6.45, 7) is 9.45. The van der Waals surface area contributed by atoms with Crippen molar-refractivity contribution >= 4 is 5.91 Å². The number of para-hydroxylation sites is 1. The van der Waals surface area contributed by atoms with E-state index in [1.807, 2.05) is 62.7 Å². The molecule has 0 unspecified atom stereocenters. The minimum Gasteiger partial charge on any atom is -0.490 e. The van der Waals surface area contributed by atoms with Crippen molar-refractivity contribution < 1.29 is 14.3 Å². The quantitative estimate of drug-likeness (QED) is 0.563. The van der Waals surface area contributed by atoms with Crippen molar-refractivity contribution in [3.8, 4) is 17.2 Å². The third kappa shape index (κ3) is 4.82. The maximum absolute atomic E-state index is 12.8. The van der Waals surface area contributed by atoms with Crippen LogP contribution in [0.1, 0.15) is 47.6 Å². The molecule has 0 bridgehead atoms. The fourth-order valence-corrected chi connectivity index (χ4v) is 3.27. The third-order valence-electron chi connectivity index (χ3n) is 4.84. The van der Waals surface area contributed by atoms with Crippen molar-refractivity contribution in [2.75, 3.05) is 13.2 Å². The normalized spacial score (nSPS) is 10.7. The number of hydrogen-bond donors (Lipinski definition) is 1. The molecule has 0 radical (unpaired) electrons.